The summed E-state index contributed by atoms with van der Waals surface area (Å²) < 4.78 is 6.13. The molecule has 1 amide bonds. The molecule has 0 unspecified atom stereocenters. The van der Waals surface area contributed by atoms with Crippen LogP contribution in [0.15, 0.2) is 59.8 Å². The topological polar surface area (TPSA) is 157 Å². The summed E-state index contributed by atoms with van der Waals surface area (Å²) in [6, 6.07) is -0.607. The number of rotatable bonds is 18. The molecule has 8 N–H and O–H groups in total. The lowest BCUT2D eigenvalue weighted by atomic mass is 9.88. The Morgan fingerprint density at radius 3 is 2.51 bits per heavy atom. The van der Waals surface area contributed by atoms with E-state index in [1.54, 1.807) is 6.08 Å². The third-order valence-electron chi connectivity index (χ3n) is 7.17. The Morgan fingerprint density at radius 1 is 1.15 bits per heavy atom. The molecule has 1 heterocycles. The number of ether oxygens (including phenoxy) is 1. The molecule has 1 saturated heterocycles. The van der Waals surface area contributed by atoms with Crippen LogP contribution in [0.1, 0.15) is 60.3 Å². The zero-order valence-electron chi connectivity index (χ0n) is 25.6. The van der Waals surface area contributed by atoms with Gasteiger partial charge in [-0.1, -0.05) is 73.6 Å². The van der Waals surface area contributed by atoms with Gasteiger partial charge in [0.05, 0.1) is 37.6 Å². The lowest BCUT2D eigenvalue weighted by Crippen LogP contribution is -2.48. The van der Waals surface area contributed by atoms with Crippen molar-refractivity contribution < 1.29 is 30.0 Å². The van der Waals surface area contributed by atoms with Crippen LogP contribution in [-0.4, -0.2) is 89.1 Å². The largest absolute Gasteiger partial charge is 0.395 e. The number of aliphatic hydroxyl groups excluding tert-OH is 4. The van der Waals surface area contributed by atoms with E-state index >= 15 is 0 Å². The molecular weight excluding hydrogens is 522 g/mol. The van der Waals surface area contributed by atoms with Gasteiger partial charge in [-0.2, -0.15) is 0 Å². The van der Waals surface area contributed by atoms with Crippen molar-refractivity contribution in [2.45, 2.75) is 96.8 Å². The molecule has 0 aromatic carbocycles. The van der Waals surface area contributed by atoms with Crippen LogP contribution < -0.4 is 16.4 Å². The second kappa shape index (κ2) is 20.7. The van der Waals surface area contributed by atoms with E-state index in [4.69, 9.17) is 20.7 Å². The van der Waals surface area contributed by atoms with Crippen molar-refractivity contribution in [2.75, 3.05) is 26.3 Å². The van der Waals surface area contributed by atoms with Crippen molar-refractivity contribution >= 4 is 5.91 Å². The Bertz CT molecular complexity index is 900. The predicted octanol–water partition coefficient (Wildman–Crippen LogP) is 2.28. The summed E-state index contributed by atoms with van der Waals surface area (Å²) in [5.41, 5.74) is 8.60. The molecular formula is C32H55N3O6. The number of nitrogens with two attached hydrogens (primary N) is 1. The first-order chi connectivity index (χ1) is 19.5. The van der Waals surface area contributed by atoms with Gasteiger partial charge in [0.1, 0.15) is 0 Å². The van der Waals surface area contributed by atoms with Crippen LogP contribution in [0.5, 0.6) is 0 Å². The van der Waals surface area contributed by atoms with E-state index in [2.05, 4.69) is 36.6 Å². The number of amides is 1. The van der Waals surface area contributed by atoms with Crippen LogP contribution in [0.25, 0.3) is 0 Å². The lowest BCUT2D eigenvalue weighted by molar-refractivity contribution is -0.121. The molecule has 1 aliphatic heterocycles. The number of carbonyl (C=O) groups excluding carboxylic acids is 1. The normalized spacial score (nSPS) is 25.6. The molecule has 0 aliphatic carbocycles. The van der Waals surface area contributed by atoms with Crippen LogP contribution in [-0.2, 0) is 9.53 Å². The molecule has 1 fully saturated rings. The fraction of sp³-hybridized carbons (Fsp3) is 0.656. The summed E-state index contributed by atoms with van der Waals surface area (Å²) in [6.07, 6.45) is 15.9. The summed E-state index contributed by atoms with van der Waals surface area (Å²) in [5, 5.41) is 44.6. The van der Waals surface area contributed by atoms with Gasteiger partial charge in [0.15, 0.2) is 0 Å². The average molecular weight is 578 g/mol. The van der Waals surface area contributed by atoms with Gasteiger partial charge in [-0.3, -0.25) is 4.79 Å². The Balaban J connectivity index is 2.61. The van der Waals surface area contributed by atoms with Gasteiger partial charge in [-0.05, 0) is 39.5 Å². The van der Waals surface area contributed by atoms with E-state index in [-0.39, 0.29) is 68.2 Å². The molecule has 8 atom stereocenters. The summed E-state index contributed by atoms with van der Waals surface area (Å²) >= 11 is 0. The minimum absolute atomic E-state index is 0.0405. The van der Waals surface area contributed by atoms with E-state index in [9.17, 15) is 15.0 Å². The zero-order valence-corrected chi connectivity index (χ0v) is 25.6. The van der Waals surface area contributed by atoms with Crippen LogP contribution in [0, 0.1) is 11.8 Å². The maximum Gasteiger partial charge on any atom is 0.221 e. The molecule has 1 rings (SSSR count). The molecule has 0 spiro atoms. The molecule has 0 aromatic rings. The fourth-order valence-electron chi connectivity index (χ4n) is 4.95. The van der Waals surface area contributed by atoms with E-state index in [0.717, 1.165) is 12.0 Å². The minimum Gasteiger partial charge on any atom is -0.395 e. The highest BCUT2D eigenvalue weighted by molar-refractivity contribution is 5.76. The molecule has 0 saturated carbocycles. The SMILES string of the molecule is C/C=C/[C@@H]1O[C@H]([C@@H](N)/C=C/C=C(\C)C[C@@H](C)/C=C(C)\C=C\[C@H](O)C[C@@H](CC(=O)NCCO)NCCO)C[C@H](O)[C@@H]1C. The van der Waals surface area contributed by atoms with Gasteiger partial charge >= 0.3 is 0 Å². The average Bonchev–Trinajstić information content (AvgIpc) is 2.91. The van der Waals surface area contributed by atoms with Crippen molar-refractivity contribution in [3.05, 3.63) is 59.8 Å². The molecule has 9 heteroatoms. The van der Waals surface area contributed by atoms with Gasteiger partial charge < -0.3 is 41.5 Å². The van der Waals surface area contributed by atoms with Gasteiger partial charge in [0.25, 0.3) is 0 Å². The number of aliphatic hydroxyl groups is 4. The van der Waals surface area contributed by atoms with Crippen LogP contribution >= 0.6 is 0 Å². The van der Waals surface area contributed by atoms with E-state index < -0.39 is 12.2 Å². The summed E-state index contributed by atoms with van der Waals surface area (Å²) in [7, 11) is 0. The van der Waals surface area contributed by atoms with Crippen molar-refractivity contribution in [3.8, 4) is 0 Å². The fourth-order valence-corrected chi connectivity index (χ4v) is 4.95. The quantitative estimate of drug-likeness (QED) is 0.0966. The number of nitrogens with one attached hydrogen (secondary N) is 2. The predicted molar refractivity (Wildman–Crippen MR) is 165 cm³/mol. The number of carbonyl (C=O) groups is 1. The maximum absolute atomic E-state index is 12.0. The lowest BCUT2D eigenvalue weighted by Gasteiger charge is -2.38. The zero-order chi connectivity index (χ0) is 30.8. The Hall–Kier alpha value is -2.11. The van der Waals surface area contributed by atoms with Gasteiger partial charge in [-0.25, -0.2) is 0 Å². The first-order valence-electron chi connectivity index (χ1n) is 14.8. The van der Waals surface area contributed by atoms with Crippen LogP contribution in [0.2, 0.25) is 0 Å². The van der Waals surface area contributed by atoms with Crippen LogP contribution in [0.3, 0.4) is 0 Å². The molecule has 234 valence electrons. The maximum atomic E-state index is 12.0. The van der Waals surface area contributed by atoms with Crippen molar-refractivity contribution in [2.24, 2.45) is 17.6 Å². The van der Waals surface area contributed by atoms with Gasteiger partial charge in [-0.15, -0.1) is 0 Å². The highest BCUT2D eigenvalue weighted by Crippen LogP contribution is 2.28. The number of hydrogen-bond donors (Lipinski definition) is 7. The summed E-state index contributed by atoms with van der Waals surface area (Å²) in [6.45, 7) is 10.5. The van der Waals surface area contributed by atoms with E-state index in [1.807, 2.05) is 51.2 Å². The molecule has 0 aromatic heterocycles. The van der Waals surface area contributed by atoms with Crippen molar-refractivity contribution in [3.63, 3.8) is 0 Å². The molecule has 41 heavy (non-hydrogen) atoms. The van der Waals surface area contributed by atoms with E-state index in [1.165, 1.54) is 5.57 Å². The first-order valence-corrected chi connectivity index (χ1v) is 14.8. The smallest absolute Gasteiger partial charge is 0.221 e. The number of allylic oxidation sites excluding steroid dienone is 7. The number of hydrogen-bond acceptors (Lipinski definition) is 8. The second-order valence-electron chi connectivity index (χ2n) is 11.2. The third kappa shape index (κ3) is 15.6. The standard InChI is InChI=1S/C32H55N3O6/c1-6-8-30-25(5)29(39)21-31(41-30)28(33)10-7-9-22(2)17-24(4)18-23(3)11-12-27(38)19-26(34-13-15-36)20-32(40)35-14-16-37/h6-12,18,24-31,34,36-39H,13-17,19-21,33H2,1-5H3,(H,35,40)/b8-6+,10-7+,12-11+,22-9+,23-18-/t24-,25+,26+,27+,28+,29+,30+,31+/m1/s1. The molecule has 9 nitrogen and oxygen atoms in total. The third-order valence-corrected chi connectivity index (χ3v) is 7.17. The van der Waals surface area contributed by atoms with Crippen LogP contribution in [0.4, 0.5) is 0 Å². The Labute approximate surface area is 246 Å². The second-order valence-corrected chi connectivity index (χ2v) is 11.2. The summed E-state index contributed by atoms with van der Waals surface area (Å²) in [5.74, 6) is 0.104. The van der Waals surface area contributed by atoms with Crippen molar-refractivity contribution in [1.82, 2.24) is 10.6 Å². The van der Waals surface area contributed by atoms with Gasteiger partial charge in [0.2, 0.25) is 5.91 Å². The van der Waals surface area contributed by atoms with Crippen molar-refractivity contribution in [1.29, 1.82) is 0 Å². The highest BCUT2D eigenvalue weighted by atomic mass is 16.5. The van der Waals surface area contributed by atoms with E-state index in [0.29, 0.717) is 19.4 Å². The first kappa shape index (κ1) is 36.9. The highest BCUT2D eigenvalue weighted by Gasteiger charge is 2.35. The minimum atomic E-state index is -0.753. The molecule has 1 aliphatic rings. The Kier molecular flexibility index (Phi) is 18.7. The Morgan fingerprint density at radius 2 is 1.85 bits per heavy atom. The summed E-state index contributed by atoms with van der Waals surface area (Å²) in [4.78, 5) is 12.0. The van der Waals surface area contributed by atoms with Gasteiger partial charge in [0, 0.05) is 43.9 Å². The monoisotopic (exact) mass is 577 g/mol. The molecule has 0 radical (unpaired) electrons. The molecule has 0 bridgehead atoms.